The van der Waals surface area contributed by atoms with Crippen molar-refractivity contribution in [3.05, 3.63) is 64.8 Å². The van der Waals surface area contributed by atoms with Gasteiger partial charge in [0.05, 0.1) is 7.11 Å². The first kappa shape index (κ1) is 37.9. The molecule has 0 bridgehead atoms. The smallest absolute Gasteiger partial charge is 0.329 e. The van der Waals surface area contributed by atoms with E-state index in [0.717, 1.165) is 54.8 Å². The highest BCUT2D eigenvalue weighted by Crippen LogP contribution is 2.31. The van der Waals surface area contributed by atoms with Gasteiger partial charge in [0.1, 0.15) is 6.04 Å². The minimum atomic E-state index is -0.669. The average Bonchev–Trinajstić information content (AvgIpc) is 2.98. The molecule has 1 amide bonds. The monoisotopic (exact) mass is 623 g/mol. The summed E-state index contributed by atoms with van der Waals surface area (Å²) in [5.41, 5.74) is 6.19. The first-order valence-electron chi connectivity index (χ1n) is 17.2. The normalized spacial score (nSPS) is 16.9. The van der Waals surface area contributed by atoms with E-state index in [1.54, 1.807) is 17.8 Å². The zero-order chi connectivity index (χ0) is 32.3. The van der Waals surface area contributed by atoms with Crippen molar-refractivity contribution in [1.82, 2.24) is 5.32 Å². The summed E-state index contributed by atoms with van der Waals surface area (Å²) in [4.78, 5) is 25.2. The Hall–Kier alpha value is -2.27. The molecule has 0 heterocycles. The molecule has 0 fully saturated rings. The summed E-state index contributed by atoms with van der Waals surface area (Å²) in [5.74, 6) is 3.11. The first-order valence-corrected chi connectivity index (χ1v) is 18.3. The third-order valence-electron chi connectivity index (χ3n) is 8.79. The largest absolute Gasteiger partial charge is 0.467 e. The second-order valence-electron chi connectivity index (χ2n) is 13.6. The minimum absolute atomic E-state index is 0.263. The fourth-order valence-electron chi connectivity index (χ4n) is 6.05. The second kappa shape index (κ2) is 21.5. The van der Waals surface area contributed by atoms with Gasteiger partial charge in [-0.3, -0.25) is 4.79 Å². The van der Waals surface area contributed by atoms with E-state index >= 15 is 0 Å². The fourth-order valence-corrected chi connectivity index (χ4v) is 7.04. The molecule has 1 aromatic carbocycles. The maximum atomic E-state index is 12.8. The molecule has 3 atom stereocenters. The number of thioether (sulfide) groups is 1. The number of fused-ring (bicyclic) bond motifs is 1. The standard InChI is InChI=1S/C39H61NO3S/c1-29(2)14-10-15-30(3)16-11-17-31(4)18-12-19-32(5)24-25-44-28-37(39(42)43-7)40-38(41)27-33(6)26-35-22-13-21-34-20-8-9-23-36(34)35/h8-9,20,23-24,26-27,29-31,37H,10-19,21-22,25,28H2,1-7H3,(H,40,41)/b32-24+,33-27+,35-26+. The third-order valence-corrected chi connectivity index (χ3v) is 9.76. The number of nitrogens with one attached hydrogen (secondary N) is 1. The maximum Gasteiger partial charge on any atom is 0.329 e. The lowest BCUT2D eigenvalue weighted by Crippen LogP contribution is -2.42. The van der Waals surface area contributed by atoms with Gasteiger partial charge >= 0.3 is 5.97 Å². The topological polar surface area (TPSA) is 55.4 Å². The molecule has 44 heavy (non-hydrogen) atoms. The molecular weight excluding hydrogens is 563 g/mol. The lowest BCUT2D eigenvalue weighted by molar-refractivity contribution is -0.143. The molecule has 0 spiro atoms. The fraction of sp³-hybridized carbons (Fsp3) is 0.641. The summed E-state index contributed by atoms with van der Waals surface area (Å²) in [7, 11) is 1.37. The number of methoxy groups -OCH3 is 1. The number of carbonyl (C=O) groups excluding carboxylic acids is 2. The SMILES string of the molecule is COC(=O)C(CSC/C=C(\C)CCCC(C)CCCC(C)CCCC(C)C)NC(=O)/C=C(C)/C=C1\CCCc2ccccc21. The van der Waals surface area contributed by atoms with Crippen LogP contribution in [0.15, 0.2) is 53.6 Å². The van der Waals surface area contributed by atoms with Crippen LogP contribution in [0, 0.1) is 17.8 Å². The predicted molar refractivity (Wildman–Crippen MR) is 191 cm³/mol. The third kappa shape index (κ3) is 15.6. The van der Waals surface area contributed by atoms with Gasteiger partial charge in [0.15, 0.2) is 0 Å². The number of carbonyl (C=O) groups is 2. The van der Waals surface area contributed by atoms with Crippen molar-refractivity contribution in [1.29, 1.82) is 0 Å². The van der Waals surface area contributed by atoms with Gasteiger partial charge in [0.25, 0.3) is 0 Å². The van der Waals surface area contributed by atoms with Gasteiger partial charge < -0.3 is 10.1 Å². The summed E-state index contributed by atoms with van der Waals surface area (Å²) in [6.45, 7) is 13.6. The van der Waals surface area contributed by atoms with E-state index in [2.05, 4.69) is 76.4 Å². The number of hydrogen-bond donors (Lipinski definition) is 1. The molecule has 4 nitrogen and oxygen atoms in total. The lowest BCUT2D eigenvalue weighted by Gasteiger charge is -2.19. The van der Waals surface area contributed by atoms with Crippen LogP contribution in [-0.2, 0) is 20.7 Å². The minimum Gasteiger partial charge on any atom is -0.467 e. The van der Waals surface area contributed by atoms with Crippen LogP contribution >= 0.6 is 11.8 Å². The Balaban J connectivity index is 1.71. The molecule has 3 unspecified atom stereocenters. The van der Waals surface area contributed by atoms with Crippen LogP contribution in [0.4, 0.5) is 0 Å². The summed E-state index contributed by atoms with van der Waals surface area (Å²) in [6, 6.07) is 7.83. The van der Waals surface area contributed by atoms with Crippen molar-refractivity contribution in [2.24, 2.45) is 17.8 Å². The van der Waals surface area contributed by atoms with Crippen LogP contribution < -0.4 is 5.32 Å². The lowest BCUT2D eigenvalue weighted by atomic mass is 9.86. The Labute approximate surface area is 274 Å². The number of allylic oxidation sites excluding steroid dienone is 4. The molecule has 246 valence electrons. The van der Waals surface area contributed by atoms with Crippen molar-refractivity contribution in [3.8, 4) is 0 Å². The molecule has 0 saturated carbocycles. The van der Waals surface area contributed by atoms with Crippen LogP contribution in [-0.4, -0.2) is 36.5 Å². The Kier molecular flexibility index (Phi) is 18.5. The summed E-state index contributed by atoms with van der Waals surface area (Å²) in [5, 5.41) is 2.87. The number of ether oxygens (including phenoxy) is 1. The van der Waals surface area contributed by atoms with Crippen molar-refractivity contribution in [3.63, 3.8) is 0 Å². The van der Waals surface area contributed by atoms with Gasteiger partial charge in [-0.05, 0) is 86.0 Å². The van der Waals surface area contributed by atoms with E-state index in [9.17, 15) is 9.59 Å². The molecule has 1 N–H and O–H groups in total. The van der Waals surface area contributed by atoms with Crippen LogP contribution in [0.3, 0.4) is 0 Å². The van der Waals surface area contributed by atoms with E-state index < -0.39 is 12.0 Å². The Morgan fingerprint density at radius 3 is 2.27 bits per heavy atom. The molecule has 2 rings (SSSR count). The van der Waals surface area contributed by atoms with Crippen LogP contribution in [0.5, 0.6) is 0 Å². The molecule has 1 aromatic rings. The number of rotatable bonds is 20. The summed E-state index contributed by atoms with van der Waals surface area (Å²) in [6.07, 6.45) is 21.0. The molecule has 1 aliphatic carbocycles. The molecule has 0 saturated heterocycles. The molecule has 0 aliphatic heterocycles. The highest BCUT2D eigenvalue weighted by atomic mass is 32.2. The van der Waals surface area contributed by atoms with Crippen molar-refractivity contribution >= 4 is 29.2 Å². The molecule has 5 heteroatoms. The van der Waals surface area contributed by atoms with Crippen LogP contribution in [0.1, 0.15) is 123 Å². The number of esters is 1. The highest BCUT2D eigenvalue weighted by molar-refractivity contribution is 7.99. The van der Waals surface area contributed by atoms with E-state index in [1.807, 2.05) is 6.92 Å². The van der Waals surface area contributed by atoms with Crippen molar-refractivity contribution in [2.75, 3.05) is 18.6 Å². The van der Waals surface area contributed by atoms with Crippen molar-refractivity contribution < 1.29 is 14.3 Å². The zero-order valence-corrected chi connectivity index (χ0v) is 29.7. The van der Waals surface area contributed by atoms with E-state index in [1.165, 1.54) is 80.7 Å². The van der Waals surface area contributed by atoms with Gasteiger partial charge in [-0.1, -0.05) is 115 Å². The van der Waals surface area contributed by atoms with E-state index in [-0.39, 0.29) is 5.91 Å². The second-order valence-corrected chi connectivity index (χ2v) is 14.7. The Bertz CT molecular complexity index is 1100. The number of aryl methyl sites for hydroxylation is 1. The van der Waals surface area contributed by atoms with Crippen LogP contribution in [0.2, 0.25) is 0 Å². The maximum absolute atomic E-state index is 12.8. The molecule has 1 aliphatic rings. The number of amides is 1. The Morgan fingerprint density at radius 2 is 1.59 bits per heavy atom. The van der Waals surface area contributed by atoms with Gasteiger partial charge in [-0.25, -0.2) is 4.79 Å². The number of hydrogen-bond acceptors (Lipinski definition) is 4. The molecule has 0 aromatic heterocycles. The Morgan fingerprint density at radius 1 is 0.932 bits per heavy atom. The quantitative estimate of drug-likeness (QED) is 0.0680. The zero-order valence-electron chi connectivity index (χ0n) is 28.9. The van der Waals surface area contributed by atoms with Crippen molar-refractivity contribution in [2.45, 2.75) is 125 Å². The molecular formula is C39H61NO3S. The van der Waals surface area contributed by atoms with E-state index in [0.29, 0.717) is 5.75 Å². The highest BCUT2D eigenvalue weighted by Gasteiger charge is 2.21. The van der Waals surface area contributed by atoms with Gasteiger partial charge in [-0.15, -0.1) is 0 Å². The average molecular weight is 624 g/mol. The van der Waals surface area contributed by atoms with E-state index in [4.69, 9.17) is 4.74 Å². The van der Waals surface area contributed by atoms with Gasteiger partial charge in [0, 0.05) is 17.6 Å². The summed E-state index contributed by atoms with van der Waals surface area (Å²) >= 11 is 1.65. The predicted octanol–water partition coefficient (Wildman–Crippen LogP) is 10.1. The van der Waals surface area contributed by atoms with Crippen LogP contribution in [0.25, 0.3) is 5.57 Å². The summed E-state index contributed by atoms with van der Waals surface area (Å²) < 4.78 is 4.98. The van der Waals surface area contributed by atoms with Gasteiger partial charge in [-0.2, -0.15) is 11.8 Å². The van der Waals surface area contributed by atoms with Gasteiger partial charge in [0.2, 0.25) is 5.91 Å². The number of benzene rings is 1. The molecule has 0 radical (unpaired) electrons. The first-order chi connectivity index (χ1) is 21.1.